The second-order valence-corrected chi connectivity index (χ2v) is 7.26. The predicted molar refractivity (Wildman–Crippen MR) is 107 cm³/mol. The fourth-order valence-electron chi connectivity index (χ4n) is 4.04. The van der Waals surface area contributed by atoms with Crippen LogP contribution in [0.1, 0.15) is 46.2 Å². The lowest BCUT2D eigenvalue weighted by Gasteiger charge is -2.33. The Morgan fingerprint density at radius 1 is 1.29 bits per heavy atom. The smallest absolute Gasteiger partial charge is 0.337 e. The minimum absolute atomic E-state index is 0.200. The molecule has 2 aromatic carbocycles. The fraction of sp³-hybridized carbons (Fsp3) is 0.318. The first kappa shape index (κ1) is 18.4. The van der Waals surface area contributed by atoms with E-state index in [-0.39, 0.29) is 5.56 Å². The van der Waals surface area contributed by atoms with Crippen LogP contribution in [0.3, 0.4) is 0 Å². The fourth-order valence-corrected chi connectivity index (χ4v) is 4.04. The molecule has 28 heavy (non-hydrogen) atoms. The predicted octanol–water partition coefficient (Wildman–Crippen LogP) is 3.22. The molecule has 0 radical (unpaired) electrons. The summed E-state index contributed by atoms with van der Waals surface area (Å²) in [5, 5.41) is 0.460. The van der Waals surface area contributed by atoms with Crippen molar-refractivity contribution in [3.63, 3.8) is 0 Å². The maximum atomic E-state index is 12.5. The molecule has 1 aliphatic rings. The van der Waals surface area contributed by atoms with Gasteiger partial charge in [0.2, 0.25) is 0 Å². The molecule has 0 aliphatic heterocycles. The molecular formula is C22H23N3O3. The number of hydrogen-bond acceptors (Lipinski definition) is 5. The first-order chi connectivity index (χ1) is 13.6. The number of ether oxygens (including phenoxy) is 1. The number of nitrogens with one attached hydrogen (secondary N) is 1. The molecule has 3 aromatic rings. The average Bonchev–Trinajstić information content (AvgIpc) is 2.72. The highest BCUT2D eigenvalue weighted by Crippen LogP contribution is 2.33. The zero-order valence-electron chi connectivity index (χ0n) is 16.1. The Labute approximate surface area is 163 Å². The van der Waals surface area contributed by atoms with Gasteiger partial charge in [-0.3, -0.25) is 9.69 Å². The van der Waals surface area contributed by atoms with Crippen LogP contribution in [0, 0.1) is 0 Å². The summed E-state index contributed by atoms with van der Waals surface area (Å²) in [6, 6.07) is 13.6. The number of H-pyrrole nitrogens is 1. The molecule has 0 bridgehead atoms. The van der Waals surface area contributed by atoms with Crippen molar-refractivity contribution >= 4 is 16.9 Å². The molecular weight excluding hydrogens is 354 g/mol. The molecule has 0 fully saturated rings. The number of methoxy groups -OCH3 is 1. The quantitative estimate of drug-likeness (QED) is 0.707. The summed E-state index contributed by atoms with van der Waals surface area (Å²) in [6.07, 6.45) is 3.34. The molecule has 0 amide bonds. The number of rotatable bonds is 4. The molecule has 0 spiro atoms. The summed E-state index contributed by atoms with van der Waals surface area (Å²) < 4.78 is 4.76. The van der Waals surface area contributed by atoms with Crippen molar-refractivity contribution < 1.29 is 9.53 Å². The van der Waals surface area contributed by atoms with E-state index in [0.717, 1.165) is 19.3 Å². The van der Waals surface area contributed by atoms with Gasteiger partial charge in [-0.25, -0.2) is 9.78 Å². The molecule has 1 atom stereocenters. The highest BCUT2D eigenvalue weighted by atomic mass is 16.5. The van der Waals surface area contributed by atoms with Crippen molar-refractivity contribution in [3.8, 4) is 0 Å². The van der Waals surface area contributed by atoms with E-state index in [1.165, 1.54) is 18.2 Å². The third kappa shape index (κ3) is 3.43. The lowest BCUT2D eigenvalue weighted by atomic mass is 9.87. The van der Waals surface area contributed by atoms with Crippen LogP contribution in [0.25, 0.3) is 10.9 Å². The Morgan fingerprint density at radius 3 is 2.93 bits per heavy atom. The van der Waals surface area contributed by atoms with Crippen molar-refractivity contribution in [2.75, 3.05) is 14.2 Å². The van der Waals surface area contributed by atoms with E-state index in [4.69, 9.17) is 4.74 Å². The number of carbonyl (C=O) groups excluding carboxylic acids is 1. The van der Waals surface area contributed by atoms with Crippen LogP contribution in [-0.4, -0.2) is 35.0 Å². The lowest BCUT2D eigenvalue weighted by molar-refractivity contribution is 0.0601. The Kier molecular flexibility index (Phi) is 4.96. The van der Waals surface area contributed by atoms with E-state index in [1.54, 1.807) is 18.2 Å². The number of benzene rings is 2. The summed E-state index contributed by atoms with van der Waals surface area (Å²) in [5.41, 5.74) is 3.43. The van der Waals surface area contributed by atoms with Gasteiger partial charge >= 0.3 is 5.97 Å². The summed E-state index contributed by atoms with van der Waals surface area (Å²) in [5.74, 6) is 0.145. The van der Waals surface area contributed by atoms with Crippen LogP contribution in [-0.2, 0) is 17.7 Å². The number of esters is 1. The second kappa shape index (κ2) is 7.56. The van der Waals surface area contributed by atoms with Crippen molar-refractivity contribution in [2.24, 2.45) is 0 Å². The number of aromatic amines is 1. The number of fused-ring (bicyclic) bond motifs is 2. The van der Waals surface area contributed by atoms with Gasteiger partial charge in [-0.05, 0) is 55.6 Å². The zero-order chi connectivity index (χ0) is 19.7. The summed E-state index contributed by atoms with van der Waals surface area (Å²) in [7, 11) is 3.39. The van der Waals surface area contributed by atoms with E-state index in [2.05, 4.69) is 46.2 Å². The van der Waals surface area contributed by atoms with Gasteiger partial charge in [-0.2, -0.15) is 0 Å². The van der Waals surface area contributed by atoms with Crippen molar-refractivity contribution in [2.45, 2.75) is 31.8 Å². The first-order valence-electron chi connectivity index (χ1n) is 9.46. The Balaban J connectivity index is 1.64. The van der Waals surface area contributed by atoms with Gasteiger partial charge in [-0.15, -0.1) is 0 Å². The van der Waals surface area contributed by atoms with Gasteiger partial charge in [0.25, 0.3) is 5.56 Å². The van der Waals surface area contributed by atoms with Crippen LogP contribution >= 0.6 is 0 Å². The summed E-state index contributed by atoms with van der Waals surface area (Å²) in [6.45, 7) is 0.520. The zero-order valence-corrected chi connectivity index (χ0v) is 16.1. The van der Waals surface area contributed by atoms with Crippen molar-refractivity contribution in [1.29, 1.82) is 0 Å². The molecule has 1 aromatic heterocycles. The topological polar surface area (TPSA) is 75.3 Å². The molecule has 1 N–H and O–H groups in total. The molecule has 6 heteroatoms. The largest absolute Gasteiger partial charge is 0.465 e. The summed E-state index contributed by atoms with van der Waals surface area (Å²) in [4.78, 5) is 34.0. The highest BCUT2D eigenvalue weighted by Gasteiger charge is 2.24. The lowest BCUT2D eigenvalue weighted by Crippen LogP contribution is -2.29. The van der Waals surface area contributed by atoms with E-state index in [9.17, 15) is 9.59 Å². The van der Waals surface area contributed by atoms with Crippen molar-refractivity contribution in [3.05, 3.63) is 75.3 Å². The van der Waals surface area contributed by atoms with Gasteiger partial charge in [0.05, 0.1) is 30.1 Å². The summed E-state index contributed by atoms with van der Waals surface area (Å²) >= 11 is 0. The maximum Gasteiger partial charge on any atom is 0.337 e. The average molecular weight is 377 g/mol. The Bertz CT molecular complexity index is 1090. The van der Waals surface area contributed by atoms with Gasteiger partial charge in [0.1, 0.15) is 5.82 Å². The molecule has 144 valence electrons. The van der Waals surface area contributed by atoms with Gasteiger partial charge < -0.3 is 9.72 Å². The first-order valence-corrected chi connectivity index (χ1v) is 9.46. The van der Waals surface area contributed by atoms with Crippen LogP contribution in [0.4, 0.5) is 0 Å². The number of hydrogen-bond donors (Lipinski definition) is 1. The van der Waals surface area contributed by atoms with E-state index in [0.29, 0.717) is 34.9 Å². The van der Waals surface area contributed by atoms with Crippen LogP contribution in [0.2, 0.25) is 0 Å². The number of aryl methyl sites for hydroxylation is 1. The van der Waals surface area contributed by atoms with Gasteiger partial charge in [0, 0.05) is 6.04 Å². The van der Waals surface area contributed by atoms with Gasteiger partial charge in [-0.1, -0.05) is 24.3 Å². The molecule has 1 heterocycles. The van der Waals surface area contributed by atoms with Crippen molar-refractivity contribution in [1.82, 2.24) is 14.9 Å². The Morgan fingerprint density at radius 2 is 2.11 bits per heavy atom. The minimum atomic E-state index is -0.443. The van der Waals surface area contributed by atoms with E-state index < -0.39 is 5.97 Å². The minimum Gasteiger partial charge on any atom is -0.465 e. The Hall–Kier alpha value is -2.99. The van der Waals surface area contributed by atoms with Crippen LogP contribution in [0.15, 0.2) is 47.3 Å². The molecule has 1 aliphatic carbocycles. The SMILES string of the molecule is COC(=O)c1ccc2c(=O)[nH]c(CN(C)[C@@H]3CCCc4ccccc43)nc2c1. The van der Waals surface area contributed by atoms with Crippen LogP contribution in [0.5, 0.6) is 0 Å². The van der Waals surface area contributed by atoms with Crippen LogP contribution < -0.4 is 5.56 Å². The third-order valence-electron chi connectivity index (χ3n) is 5.45. The molecule has 0 saturated carbocycles. The van der Waals surface area contributed by atoms with E-state index in [1.807, 2.05) is 0 Å². The number of carbonyl (C=O) groups is 1. The van der Waals surface area contributed by atoms with E-state index >= 15 is 0 Å². The standard InChI is InChI=1S/C22H23N3O3/c1-25(19-9-5-7-14-6-3-4-8-16(14)19)13-20-23-18-12-15(22(27)28-2)10-11-17(18)21(26)24-20/h3-4,6,8,10-12,19H,5,7,9,13H2,1-2H3,(H,23,24,26)/t19-/m1/s1. The molecule has 0 saturated heterocycles. The molecule has 4 rings (SSSR count). The molecule has 6 nitrogen and oxygen atoms in total. The van der Waals surface area contributed by atoms with Gasteiger partial charge in [0.15, 0.2) is 0 Å². The second-order valence-electron chi connectivity index (χ2n) is 7.26. The normalized spacial score (nSPS) is 16.2. The monoisotopic (exact) mass is 377 g/mol. The number of nitrogens with zero attached hydrogens (tertiary/aromatic N) is 2. The maximum absolute atomic E-state index is 12.5. The number of aromatic nitrogens is 2. The molecule has 0 unspecified atom stereocenters. The third-order valence-corrected chi connectivity index (χ3v) is 5.45. The highest BCUT2D eigenvalue weighted by molar-refractivity contribution is 5.93.